The van der Waals surface area contributed by atoms with Gasteiger partial charge in [-0.15, -0.1) is 0 Å². The highest BCUT2D eigenvalue weighted by atomic mass is 32.2. The number of aromatic nitrogens is 1. The van der Waals surface area contributed by atoms with Gasteiger partial charge in [0.25, 0.3) is 0 Å². The Labute approximate surface area is 81.6 Å². The van der Waals surface area contributed by atoms with Crippen molar-refractivity contribution in [3.05, 3.63) is 17.8 Å². The molecule has 76 valence electrons. The Hall–Kier alpha value is -1.43. The van der Waals surface area contributed by atoms with Crippen LogP contribution in [0.1, 0.15) is 10.4 Å². The van der Waals surface area contributed by atoms with Gasteiger partial charge in [0.05, 0.1) is 17.6 Å². The first-order valence-corrected chi connectivity index (χ1v) is 5.57. The third-order valence-corrected chi connectivity index (χ3v) is 2.68. The highest BCUT2D eigenvalue weighted by Gasteiger charge is 2.11. The lowest BCUT2D eigenvalue weighted by atomic mass is 10.3. The van der Waals surface area contributed by atoms with Crippen molar-refractivity contribution in [3.63, 3.8) is 0 Å². The Bertz CT molecular complexity index is 452. The third kappa shape index (κ3) is 2.08. The lowest BCUT2D eigenvalue weighted by Gasteiger charge is -2.03. The average Bonchev–Trinajstić information content (AvgIpc) is 2.15. The largest absolute Gasteiger partial charge is 0.480 e. The summed E-state index contributed by atoms with van der Waals surface area (Å²) >= 11 is 0. The number of methoxy groups -OCH3 is 1. The highest BCUT2D eigenvalue weighted by Crippen LogP contribution is 2.16. The minimum atomic E-state index is -3.34. The highest BCUT2D eigenvalue weighted by molar-refractivity contribution is 7.90. The first-order chi connectivity index (χ1) is 6.49. The van der Waals surface area contributed by atoms with E-state index < -0.39 is 9.84 Å². The molecular formula is C8H9NO4S. The standard InChI is InChI=1S/C8H9NO4S/c1-13-8-6(5-10)3-7(4-9-8)14(2,11)12/h3-5H,1-2H3. The summed E-state index contributed by atoms with van der Waals surface area (Å²) < 4.78 is 27.0. The quantitative estimate of drug-likeness (QED) is 0.678. The van der Waals surface area contributed by atoms with Crippen LogP contribution in [0.3, 0.4) is 0 Å². The average molecular weight is 215 g/mol. The van der Waals surface area contributed by atoms with E-state index in [9.17, 15) is 13.2 Å². The second-order valence-electron chi connectivity index (χ2n) is 2.66. The van der Waals surface area contributed by atoms with E-state index in [2.05, 4.69) is 4.98 Å². The number of nitrogens with zero attached hydrogens (tertiary/aromatic N) is 1. The first-order valence-electron chi connectivity index (χ1n) is 3.68. The summed E-state index contributed by atoms with van der Waals surface area (Å²) in [5, 5.41) is 0. The molecule has 1 rings (SSSR count). The number of rotatable bonds is 3. The maximum atomic E-state index is 11.1. The van der Waals surface area contributed by atoms with Gasteiger partial charge in [-0.3, -0.25) is 4.79 Å². The number of hydrogen-bond donors (Lipinski definition) is 0. The molecule has 0 unspecified atom stereocenters. The smallest absolute Gasteiger partial charge is 0.223 e. The molecule has 0 atom stereocenters. The van der Waals surface area contributed by atoms with Crippen LogP contribution in [0.25, 0.3) is 0 Å². The molecule has 0 spiro atoms. The minimum absolute atomic E-state index is 0.000370. The predicted molar refractivity (Wildman–Crippen MR) is 49.3 cm³/mol. The van der Waals surface area contributed by atoms with Crippen molar-refractivity contribution in [1.29, 1.82) is 0 Å². The van der Waals surface area contributed by atoms with E-state index >= 15 is 0 Å². The predicted octanol–water partition coefficient (Wildman–Crippen LogP) is 0.306. The van der Waals surface area contributed by atoms with Crippen LogP contribution < -0.4 is 4.74 Å². The number of carbonyl (C=O) groups excluding carboxylic acids is 1. The molecule has 14 heavy (non-hydrogen) atoms. The van der Waals surface area contributed by atoms with Gasteiger partial charge in [0.1, 0.15) is 0 Å². The Morgan fingerprint density at radius 2 is 2.14 bits per heavy atom. The van der Waals surface area contributed by atoms with Gasteiger partial charge in [-0.1, -0.05) is 0 Å². The summed E-state index contributed by atoms with van der Waals surface area (Å²) in [6, 6.07) is 1.23. The molecule has 0 fully saturated rings. The van der Waals surface area contributed by atoms with E-state index in [4.69, 9.17) is 4.74 Å². The molecule has 6 heteroatoms. The molecule has 1 heterocycles. The van der Waals surface area contributed by atoms with E-state index in [-0.39, 0.29) is 16.3 Å². The van der Waals surface area contributed by atoms with Crippen molar-refractivity contribution in [2.24, 2.45) is 0 Å². The van der Waals surface area contributed by atoms with Crippen molar-refractivity contribution >= 4 is 16.1 Å². The molecule has 0 aliphatic rings. The Kier molecular flexibility index (Phi) is 2.85. The lowest BCUT2D eigenvalue weighted by molar-refractivity contribution is 0.111. The van der Waals surface area contributed by atoms with E-state index in [1.54, 1.807) is 0 Å². The summed E-state index contributed by atoms with van der Waals surface area (Å²) in [4.78, 5) is 14.3. The van der Waals surface area contributed by atoms with E-state index in [1.165, 1.54) is 13.2 Å². The van der Waals surface area contributed by atoms with Crippen LogP contribution in [0.4, 0.5) is 0 Å². The maximum absolute atomic E-state index is 11.1. The number of aldehydes is 1. The van der Waals surface area contributed by atoms with Crippen LogP contribution in [-0.2, 0) is 9.84 Å². The van der Waals surface area contributed by atoms with Crippen LogP contribution in [0.15, 0.2) is 17.2 Å². The van der Waals surface area contributed by atoms with Crippen molar-refractivity contribution < 1.29 is 17.9 Å². The molecule has 0 amide bonds. The second-order valence-corrected chi connectivity index (χ2v) is 4.68. The normalized spacial score (nSPS) is 11.0. The third-order valence-electron chi connectivity index (χ3n) is 1.60. The minimum Gasteiger partial charge on any atom is -0.480 e. The number of carbonyl (C=O) groups is 1. The molecule has 0 aromatic carbocycles. The molecule has 0 N–H and O–H groups in total. The van der Waals surface area contributed by atoms with Crippen LogP contribution in [0.5, 0.6) is 5.88 Å². The number of ether oxygens (including phenoxy) is 1. The van der Waals surface area contributed by atoms with Gasteiger partial charge in [0, 0.05) is 12.5 Å². The van der Waals surface area contributed by atoms with E-state index in [0.717, 1.165) is 12.5 Å². The monoisotopic (exact) mass is 215 g/mol. The summed E-state index contributed by atoms with van der Waals surface area (Å²) in [5.41, 5.74) is 0.121. The van der Waals surface area contributed by atoms with E-state index in [1.807, 2.05) is 0 Å². The van der Waals surface area contributed by atoms with Gasteiger partial charge in [-0.05, 0) is 6.07 Å². The van der Waals surface area contributed by atoms with Gasteiger partial charge in [0.15, 0.2) is 16.1 Å². The Morgan fingerprint density at radius 1 is 1.50 bits per heavy atom. The molecule has 1 aromatic rings. The first kappa shape index (κ1) is 10.6. The summed E-state index contributed by atoms with van der Waals surface area (Å²) in [5.74, 6) is 0.118. The fourth-order valence-electron chi connectivity index (χ4n) is 0.907. The molecule has 1 aromatic heterocycles. The maximum Gasteiger partial charge on any atom is 0.223 e. The summed E-state index contributed by atoms with van der Waals surface area (Å²) in [7, 11) is -1.98. The Balaban J connectivity index is 3.35. The SMILES string of the molecule is COc1ncc(S(C)(=O)=O)cc1C=O. The fraction of sp³-hybridized carbons (Fsp3) is 0.250. The molecule has 0 radical (unpaired) electrons. The van der Waals surface area contributed by atoms with E-state index in [0.29, 0.717) is 6.29 Å². The lowest BCUT2D eigenvalue weighted by Crippen LogP contribution is -2.01. The molecule has 5 nitrogen and oxygen atoms in total. The van der Waals surface area contributed by atoms with Gasteiger partial charge in [-0.25, -0.2) is 13.4 Å². The van der Waals surface area contributed by atoms with Gasteiger partial charge in [-0.2, -0.15) is 0 Å². The summed E-state index contributed by atoms with van der Waals surface area (Å²) in [6.07, 6.45) is 2.70. The van der Waals surface area contributed by atoms with Crippen LogP contribution in [0, 0.1) is 0 Å². The van der Waals surface area contributed by atoms with Crippen molar-refractivity contribution in [1.82, 2.24) is 4.98 Å². The van der Waals surface area contributed by atoms with Crippen LogP contribution >= 0.6 is 0 Å². The van der Waals surface area contributed by atoms with Crippen LogP contribution in [-0.4, -0.2) is 33.1 Å². The van der Waals surface area contributed by atoms with Crippen LogP contribution in [0.2, 0.25) is 0 Å². The molecule has 0 aliphatic heterocycles. The number of pyridine rings is 1. The number of hydrogen-bond acceptors (Lipinski definition) is 5. The molecule has 0 saturated heterocycles. The number of sulfone groups is 1. The molecule has 0 aliphatic carbocycles. The topological polar surface area (TPSA) is 73.3 Å². The second kappa shape index (κ2) is 3.75. The zero-order valence-electron chi connectivity index (χ0n) is 7.72. The van der Waals surface area contributed by atoms with Crippen molar-refractivity contribution in [2.75, 3.05) is 13.4 Å². The van der Waals surface area contributed by atoms with Gasteiger partial charge in [0.2, 0.25) is 5.88 Å². The fourth-order valence-corrected chi connectivity index (χ4v) is 1.49. The summed E-state index contributed by atoms with van der Waals surface area (Å²) in [6.45, 7) is 0. The molecule has 0 saturated carbocycles. The zero-order chi connectivity index (χ0) is 10.8. The molecule has 0 bridgehead atoms. The van der Waals surface area contributed by atoms with Gasteiger partial charge >= 0.3 is 0 Å². The molecular weight excluding hydrogens is 206 g/mol. The van der Waals surface area contributed by atoms with Gasteiger partial charge < -0.3 is 4.74 Å². The van der Waals surface area contributed by atoms with Crippen molar-refractivity contribution in [2.45, 2.75) is 4.90 Å². The van der Waals surface area contributed by atoms with Crippen molar-refractivity contribution in [3.8, 4) is 5.88 Å². The zero-order valence-corrected chi connectivity index (χ0v) is 8.54. The Morgan fingerprint density at radius 3 is 2.57 bits per heavy atom.